The van der Waals surface area contributed by atoms with Crippen molar-refractivity contribution in [3.63, 3.8) is 0 Å². The van der Waals surface area contributed by atoms with E-state index in [1.54, 1.807) is 0 Å². The molecule has 1 aromatic heterocycles. The lowest BCUT2D eigenvalue weighted by molar-refractivity contribution is 0.438. The molecule has 0 bridgehead atoms. The molecule has 0 saturated carbocycles. The Labute approximate surface area is 109 Å². The summed E-state index contributed by atoms with van der Waals surface area (Å²) in [4.78, 5) is 0. The Kier molecular flexibility index (Phi) is 3.24. The fourth-order valence-corrected chi connectivity index (χ4v) is 2.19. The van der Waals surface area contributed by atoms with Crippen LogP contribution in [0.5, 0.6) is 0 Å². The third kappa shape index (κ3) is 2.22. The van der Waals surface area contributed by atoms with Crippen LogP contribution in [0.2, 0.25) is 0 Å². The van der Waals surface area contributed by atoms with Crippen LogP contribution in [0.3, 0.4) is 0 Å². The minimum Gasteiger partial charge on any atom is -0.367 e. The fraction of sp³-hybridized carbons (Fsp3) is 0.308. The van der Waals surface area contributed by atoms with E-state index in [1.807, 2.05) is 25.1 Å². The van der Waals surface area contributed by atoms with Crippen LogP contribution in [0.1, 0.15) is 30.9 Å². The Morgan fingerprint density at radius 1 is 1.35 bits per heavy atom. The van der Waals surface area contributed by atoms with E-state index in [-0.39, 0.29) is 5.92 Å². The highest BCUT2D eigenvalue weighted by Crippen LogP contribution is 2.34. The van der Waals surface area contributed by atoms with Crippen LogP contribution in [-0.4, -0.2) is 5.16 Å². The van der Waals surface area contributed by atoms with Crippen molar-refractivity contribution in [1.82, 2.24) is 5.16 Å². The van der Waals surface area contributed by atoms with E-state index in [4.69, 9.17) is 10.3 Å². The summed E-state index contributed by atoms with van der Waals surface area (Å²) in [6.07, 6.45) is 0. The predicted octanol–water partition coefficient (Wildman–Crippen LogP) is 4.12. The Hall–Kier alpha value is -1.29. The maximum absolute atomic E-state index is 5.81. The fourth-order valence-electron chi connectivity index (χ4n) is 1.82. The SMILES string of the molecule is Cc1ccc(-c2noc(N)c2C(C)C)cc1Br. The van der Waals surface area contributed by atoms with Crippen LogP contribution in [0.4, 0.5) is 5.88 Å². The standard InChI is InChI=1S/C13H15BrN2O/c1-7(2)11-12(16-17-13(11)15)9-5-4-8(3)10(14)6-9/h4-7H,15H2,1-3H3. The highest BCUT2D eigenvalue weighted by molar-refractivity contribution is 9.10. The molecular formula is C13H15BrN2O. The van der Waals surface area contributed by atoms with Gasteiger partial charge in [0.15, 0.2) is 0 Å². The Bertz CT molecular complexity index is 546. The molecule has 1 aromatic carbocycles. The number of nitrogens with two attached hydrogens (primary N) is 1. The zero-order valence-corrected chi connectivity index (χ0v) is 11.7. The number of aryl methyl sites for hydroxylation is 1. The van der Waals surface area contributed by atoms with Gasteiger partial charge in [-0.2, -0.15) is 0 Å². The van der Waals surface area contributed by atoms with Crippen molar-refractivity contribution in [2.75, 3.05) is 5.73 Å². The van der Waals surface area contributed by atoms with Crippen molar-refractivity contribution in [2.24, 2.45) is 0 Å². The molecule has 0 aliphatic carbocycles. The van der Waals surface area contributed by atoms with E-state index in [0.717, 1.165) is 21.3 Å². The van der Waals surface area contributed by atoms with Crippen LogP contribution >= 0.6 is 15.9 Å². The monoisotopic (exact) mass is 294 g/mol. The summed E-state index contributed by atoms with van der Waals surface area (Å²) in [6.45, 7) is 6.21. The maximum atomic E-state index is 5.81. The number of aromatic nitrogens is 1. The molecule has 1 heterocycles. The number of benzene rings is 1. The molecule has 90 valence electrons. The molecule has 0 fully saturated rings. The van der Waals surface area contributed by atoms with Gasteiger partial charge in [-0.05, 0) is 24.5 Å². The first-order chi connectivity index (χ1) is 8.00. The van der Waals surface area contributed by atoms with E-state index in [9.17, 15) is 0 Å². The van der Waals surface area contributed by atoms with Crippen molar-refractivity contribution in [3.05, 3.63) is 33.8 Å². The van der Waals surface area contributed by atoms with E-state index < -0.39 is 0 Å². The second-order valence-electron chi connectivity index (χ2n) is 4.43. The molecule has 2 N–H and O–H groups in total. The summed E-state index contributed by atoms with van der Waals surface area (Å²) in [5.74, 6) is 0.697. The Morgan fingerprint density at radius 2 is 2.06 bits per heavy atom. The second-order valence-corrected chi connectivity index (χ2v) is 5.28. The summed E-state index contributed by atoms with van der Waals surface area (Å²) >= 11 is 3.52. The highest BCUT2D eigenvalue weighted by atomic mass is 79.9. The number of nitrogen functional groups attached to an aromatic ring is 1. The maximum Gasteiger partial charge on any atom is 0.226 e. The normalized spacial score (nSPS) is 11.1. The van der Waals surface area contributed by atoms with Gasteiger partial charge in [-0.15, -0.1) is 0 Å². The molecule has 0 aliphatic heterocycles. The van der Waals surface area contributed by atoms with Gasteiger partial charge in [-0.25, -0.2) is 0 Å². The van der Waals surface area contributed by atoms with Gasteiger partial charge < -0.3 is 10.3 Å². The molecule has 2 aromatic rings. The minimum atomic E-state index is 0.288. The first-order valence-electron chi connectivity index (χ1n) is 5.52. The third-order valence-electron chi connectivity index (χ3n) is 2.78. The quantitative estimate of drug-likeness (QED) is 0.906. The first kappa shape index (κ1) is 12.2. The summed E-state index contributed by atoms with van der Waals surface area (Å²) in [6, 6.07) is 6.12. The van der Waals surface area contributed by atoms with E-state index >= 15 is 0 Å². The molecule has 0 radical (unpaired) electrons. The molecule has 0 spiro atoms. The average Bonchev–Trinajstić information content (AvgIpc) is 2.64. The van der Waals surface area contributed by atoms with Crippen molar-refractivity contribution < 1.29 is 4.52 Å². The molecule has 3 nitrogen and oxygen atoms in total. The number of nitrogens with zero attached hydrogens (tertiary/aromatic N) is 1. The number of hydrogen-bond donors (Lipinski definition) is 1. The predicted molar refractivity (Wildman–Crippen MR) is 72.9 cm³/mol. The van der Waals surface area contributed by atoms with Gasteiger partial charge in [-0.3, -0.25) is 0 Å². The Balaban J connectivity index is 2.56. The van der Waals surface area contributed by atoms with E-state index in [0.29, 0.717) is 5.88 Å². The van der Waals surface area contributed by atoms with Gasteiger partial charge in [0.1, 0.15) is 5.69 Å². The molecule has 2 rings (SSSR count). The molecule has 17 heavy (non-hydrogen) atoms. The third-order valence-corrected chi connectivity index (χ3v) is 3.63. The zero-order valence-electron chi connectivity index (χ0n) is 10.1. The number of hydrogen-bond acceptors (Lipinski definition) is 3. The van der Waals surface area contributed by atoms with Crippen LogP contribution in [0.15, 0.2) is 27.2 Å². The molecule has 0 aliphatic rings. The van der Waals surface area contributed by atoms with Crippen LogP contribution < -0.4 is 5.73 Å². The van der Waals surface area contributed by atoms with E-state index in [1.165, 1.54) is 5.56 Å². The van der Waals surface area contributed by atoms with Crippen molar-refractivity contribution in [1.29, 1.82) is 0 Å². The van der Waals surface area contributed by atoms with Crippen molar-refractivity contribution >= 4 is 21.8 Å². The summed E-state index contributed by atoms with van der Waals surface area (Å²) in [5, 5.41) is 4.06. The van der Waals surface area contributed by atoms with Crippen molar-refractivity contribution in [2.45, 2.75) is 26.7 Å². The summed E-state index contributed by atoms with van der Waals surface area (Å²) in [5.41, 5.74) is 9.82. The van der Waals surface area contributed by atoms with Crippen LogP contribution in [0.25, 0.3) is 11.3 Å². The van der Waals surface area contributed by atoms with Gasteiger partial charge in [0.25, 0.3) is 0 Å². The lowest BCUT2D eigenvalue weighted by atomic mass is 9.98. The summed E-state index contributed by atoms with van der Waals surface area (Å²) < 4.78 is 6.16. The average molecular weight is 295 g/mol. The molecule has 0 unspecified atom stereocenters. The number of rotatable bonds is 2. The van der Waals surface area contributed by atoms with Gasteiger partial charge in [0.05, 0.1) is 0 Å². The van der Waals surface area contributed by atoms with E-state index in [2.05, 4.69) is 34.9 Å². The van der Waals surface area contributed by atoms with Crippen LogP contribution in [-0.2, 0) is 0 Å². The van der Waals surface area contributed by atoms with Gasteiger partial charge in [0.2, 0.25) is 5.88 Å². The first-order valence-corrected chi connectivity index (χ1v) is 6.31. The summed E-state index contributed by atoms with van der Waals surface area (Å²) in [7, 11) is 0. The smallest absolute Gasteiger partial charge is 0.226 e. The molecule has 4 heteroatoms. The lowest BCUT2D eigenvalue weighted by Gasteiger charge is -2.06. The number of halogens is 1. The largest absolute Gasteiger partial charge is 0.367 e. The molecular weight excluding hydrogens is 280 g/mol. The van der Waals surface area contributed by atoms with Gasteiger partial charge >= 0.3 is 0 Å². The second kappa shape index (κ2) is 4.53. The van der Waals surface area contributed by atoms with Gasteiger partial charge in [-0.1, -0.05) is 47.1 Å². The Morgan fingerprint density at radius 3 is 2.65 bits per heavy atom. The molecule has 0 atom stereocenters. The van der Waals surface area contributed by atoms with Crippen molar-refractivity contribution in [3.8, 4) is 11.3 Å². The molecule has 0 amide bonds. The number of anilines is 1. The topological polar surface area (TPSA) is 52.0 Å². The van der Waals surface area contributed by atoms with Gasteiger partial charge in [0, 0.05) is 15.6 Å². The molecule has 0 saturated heterocycles. The lowest BCUT2D eigenvalue weighted by Crippen LogP contribution is -1.94. The zero-order chi connectivity index (χ0) is 12.6. The van der Waals surface area contributed by atoms with Crippen LogP contribution in [0, 0.1) is 6.92 Å². The minimum absolute atomic E-state index is 0.288. The highest BCUT2D eigenvalue weighted by Gasteiger charge is 2.18.